The van der Waals surface area contributed by atoms with Crippen LogP contribution in [0.1, 0.15) is 32.3 Å². The number of carbonyl (C=O) groups excluding carboxylic acids is 2. The van der Waals surface area contributed by atoms with E-state index in [0.29, 0.717) is 50.5 Å². The molecular weight excluding hydrogens is 512 g/mol. The SMILES string of the molecule is CC(=O)N1c2ccc(S(=O)(=O)N3CCC(C(=O)N4CCN(c5ccc(Cl)cc5)CC4)CC3)cc2C[C@H]1C. The lowest BCUT2D eigenvalue weighted by Crippen LogP contribution is -2.52. The van der Waals surface area contributed by atoms with E-state index in [1.54, 1.807) is 23.1 Å². The molecule has 0 spiro atoms. The minimum absolute atomic E-state index is 0.0141. The van der Waals surface area contributed by atoms with E-state index >= 15 is 0 Å². The summed E-state index contributed by atoms with van der Waals surface area (Å²) in [4.78, 5) is 31.4. The number of hydrogen-bond acceptors (Lipinski definition) is 5. The lowest BCUT2D eigenvalue weighted by Gasteiger charge is -2.39. The van der Waals surface area contributed by atoms with Crippen molar-refractivity contribution in [1.29, 1.82) is 0 Å². The van der Waals surface area contributed by atoms with E-state index in [-0.39, 0.29) is 28.7 Å². The van der Waals surface area contributed by atoms with Crippen LogP contribution in [0.4, 0.5) is 11.4 Å². The van der Waals surface area contributed by atoms with Crippen LogP contribution in [-0.4, -0.2) is 74.7 Å². The Balaban J connectivity index is 1.18. The van der Waals surface area contributed by atoms with Gasteiger partial charge in [-0.1, -0.05) is 11.6 Å². The van der Waals surface area contributed by atoms with Gasteiger partial charge < -0.3 is 14.7 Å². The Kier molecular flexibility index (Phi) is 7.22. The highest BCUT2D eigenvalue weighted by atomic mass is 35.5. The summed E-state index contributed by atoms with van der Waals surface area (Å²) in [7, 11) is -3.66. The minimum Gasteiger partial charge on any atom is -0.368 e. The maximum absolute atomic E-state index is 13.4. The molecule has 0 bridgehead atoms. The molecule has 198 valence electrons. The maximum atomic E-state index is 13.4. The zero-order chi connectivity index (χ0) is 26.3. The Morgan fingerprint density at radius 1 is 0.919 bits per heavy atom. The molecule has 3 heterocycles. The largest absolute Gasteiger partial charge is 0.368 e. The number of nitrogens with zero attached hydrogens (tertiary/aromatic N) is 4. The highest BCUT2D eigenvalue weighted by Crippen LogP contribution is 2.35. The van der Waals surface area contributed by atoms with Gasteiger partial charge in [0.1, 0.15) is 0 Å². The molecule has 8 nitrogen and oxygen atoms in total. The first kappa shape index (κ1) is 26.0. The van der Waals surface area contributed by atoms with E-state index in [0.717, 1.165) is 30.0 Å². The fraction of sp³-hybridized carbons (Fsp3) is 0.481. The van der Waals surface area contributed by atoms with Crippen molar-refractivity contribution in [3.8, 4) is 0 Å². The number of piperidine rings is 1. The summed E-state index contributed by atoms with van der Waals surface area (Å²) in [5.41, 5.74) is 2.77. The summed E-state index contributed by atoms with van der Waals surface area (Å²) < 4.78 is 28.3. The highest BCUT2D eigenvalue weighted by Gasteiger charge is 2.36. The van der Waals surface area contributed by atoms with Crippen LogP contribution in [0.2, 0.25) is 5.02 Å². The van der Waals surface area contributed by atoms with Gasteiger partial charge in [-0.3, -0.25) is 9.59 Å². The van der Waals surface area contributed by atoms with Crippen molar-refractivity contribution < 1.29 is 18.0 Å². The first-order valence-electron chi connectivity index (χ1n) is 12.9. The number of rotatable bonds is 4. The summed E-state index contributed by atoms with van der Waals surface area (Å²) >= 11 is 5.99. The van der Waals surface area contributed by atoms with Gasteiger partial charge in [-0.2, -0.15) is 4.31 Å². The molecule has 0 aliphatic carbocycles. The van der Waals surface area contributed by atoms with E-state index in [4.69, 9.17) is 11.6 Å². The summed E-state index contributed by atoms with van der Waals surface area (Å²) in [5.74, 6) is -0.0674. The summed E-state index contributed by atoms with van der Waals surface area (Å²) in [6.45, 7) is 7.00. The molecule has 5 rings (SSSR count). The Labute approximate surface area is 223 Å². The van der Waals surface area contributed by atoms with Crippen molar-refractivity contribution in [3.63, 3.8) is 0 Å². The van der Waals surface area contributed by atoms with Gasteiger partial charge in [0.15, 0.2) is 0 Å². The van der Waals surface area contributed by atoms with Crippen LogP contribution in [0.3, 0.4) is 0 Å². The fourth-order valence-electron chi connectivity index (χ4n) is 5.84. The van der Waals surface area contributed by atoms with Crippen LogP contribution in [0.25, 0.3) is 0 Å². The molecule has 3 aliphatic rings. The number of halogens is 1. The number of piperazine rings is 1. The van der Waals surface area contributed by atoms with Crippen LogP contribution in [-0.2, 0) is 26.0 Å². The monoisotopic (exact) mass is 544 g/mol. The number of amides is 2. The minimum atomic E-state index is -3.66. The molecule has 3 aliphatic heterocycles. The zero-order valence-electron chi connectivity index (χ0n) is 21.3. The van der Waals surface area contributed by atoms with Gasteiger partial charge in [0.2, 0.25) is 21.8 Å². The van der Waals surface area contributed by atoms with Crippen molar-refractivity contribution in [2.75, 3.05) is 49.1 Å². The number of carbonyl (C=O) groups is 2. The van der Waals surface area contributed by atoms with Gasteiger partial charge in [-0.05, 0) is 74.2 Å². The molecule has 10 heteroatoms. The van der Waals surface area contributed by atoms with Gasteiger partial charge >= 0.3 is 0 Å². The molecule has 2 saturated heterocycles. The lowest BCUT2D eigenvalue weighted by molar-refractivity contribution is -0.137. The Morgan fingerprint density at radius 3 is 2.19 bits per heavy atom. The van der Waals surface area contributed by atoms with E-state index in [1.807, 2.05) is 36.1 Å². The predicted octanol–water partition coefficient (Wildman–Crippen LogP) is 3.39. The normalized spacial score (nSPS) is 21.3. The average molecular weight is 545 g/mol. The van der Waals surface area contributed by atoms with E-state index in [9.17, 15) is 18.0 Å². The second-order valence-electron chi connectivity index (χ2n) is 10.2. The first-order valence-corrected chi connectivity index (χ1v) is 14.7. The van der Waals surface area contributed by atoms with Gasteiger partial charge in [0, 0.05) is 74.5 Å². The molecule has 37 heavy (non-hydrogen) atoms. The Bertz CT molecular complexity index is 1280. The third-order valence-corrected chi connectivity index (χ3v) is 9.98. The number of fused-ring (bicyclic) bond motifs is 1. The molecule has 0 saturated carbocycles. The molecule has 2 aromatic carbocycles. The fourth-order valence-corrected chi connectivity index (χ4v) is 7.48. The van der Waals surface area contributed by atoms with Gasteiger partial charge in [-0.25, -0.2) is 8.42 Å². The van der Waals surface area contributed by atoms with Crippen molar-refractivity contribution in [2.45, 2.75) is 44.0 Å². The number of benzene rings is 2. The van der Waals surface area contributed by atoms with Crippen molar-refractivity contribution in [1.82, 2.24) is 9.21 Å². The average Bonchev–Trinajstić information content (AvgIpc) is 3.24. The number of anilines is 2. The van der Waals surface area contributed by atoms with E-state index in [2.05, 4.69) is 4.90 Å². The molecular formula is C27H33ClN4O4S. The molecule has 2 amide bonds. The molecule has 0 N–H and O–H groups in total. The van der Waals surface area contributed by atoms with E-state index < -0.39 is 10.0 Å². The molecule has 2 fully saturated rings. The zero-order valence-corrected chi connectivity index (χ0v) is 22.8. The summed E-state index contributed by atoms with van der Waals surface area (Å²) in [6.07, 6.45) is 1.69. The Hall–Kier alpha value is -2.62. The second kappa shape index (κ2) is 10.3. The summed E-state index contributed by atoms with van der Waals surface area (Å²) in [6, 6.07) is 12.8. The van der Waals surface area contributed by atoms with Crippen LogP contribution >= 0.6 is 11.6 Å². The molecule has 0 unspecified atom stereocenters. The molecule has 2 aromatic rings. The van der Waals surface area contributed by atoms with Gasteiger partial charge in [0.05, 0.1) is 4.90 Å². The summed E-state index contributed by atoms with van der Waals surface area (Å²) in [5, 5.41) is 0.705. The van der Waals surface area contributed by atoms with Gasteiger partial charge in [0.25, 0.3) is 0 Å². The molecule has 0 radical (unpaired) electrons. The van der Waals surface area contributed by atoms with Gasteiger partial charge in [-0.15, -0.1) is 0 Å². The number of sulfonamides is 1. The smallest absolute Gasteiger partial charge is 0.243 e. The van der Waals surface area contributed by atoms with Crippen LogP contribution in [0, 0.1) is 5.92 Å². The van der Waals surface area contributed by atoms with Crippen molar-refractivity contribution >= 4 is 44.8 Å². The van der Waals surface area contributed by atoms with Crippen LogP contribution in [0.15, 0.2) is 47.4 Å². The first-order chi connectivity index (χ1) is 17.6. The third-order valence-electron chi connectivity index (χ3n) is 7.83. The second-order valence-corrected chi connectivity index (χ2v) is 12.6. The molecule has 1 atom stereocenters. The van der Waals surface area contributed by atoms with E-state index in [1.165, 1.54) is 11.2 Å². The lowest BCUT2D eigenvalue weighted by atomic mass is 9.96. The highest BCUT2D eigenvalue weighted by molar-refractivity contribution is 7.89. The Morgan fingerprint density at radius 2 is 1.57 bits per heavy atom. The third kappa shape index (κ3) is 5.09. The quantitative estimate of drug-likeness (QED) is 0.589. The topological polar surface area (TPSA) is 81.2 Å². The standard InChI is InChI=1S/C27H33ClN4O4S/c1-19-17-22-18-25(7-8-26(22)32(19)20(2)33)37(35,36)31-11-9-21(10-12-31)27(34)30-15-13-29(14-16-30)24-5-3-23(28)4-6-24/h3-8,18-19,21H,9-17H2,1-2H3/t19-/m1/s1. The molecule has 0 aromatic heterocycles. The van der Waals surface area contributed by atoms with Crippen molar-refractivity contribution in [3.05, 3.63) is 53.1 Å². The van der Waals surface area contributed by atoms with Crippen LogP contribution in [0.5, 0.6) is 0 Å². The predicted molar refractivity (Wildman–Crippen MR) is 144 cm³/mol. The van der Waals surface area contributed by atoms with Crippen molar-refractivity contribution in [2.24, 2.45) is 5.92 Å². The number of hydrogen-bond donors (Lipinski definition) is 0. The maximum Gasteiger partial charge on any atom is 0.243 e. The van der Waals surface area contributed by atoms with Crippen LogP contribution < -0.4 is 9.80 Å².